The fourth-order valence-electron chi connectivity index (χ4n) is 3.77. The van der Waals surface area contributed by atoms with Crippen molar-refractivity contribution in [3.05, 3.63) is 35.6 Å². The van der Waals surface area contributed by atoms with Gasteiger partial charge in [-0.1, -0.05) is 19.1 Å². The predicted molar refractivity (Wildman–Crippen MR) is 98.3 cm³/mol. The van der Waals surface area contributed by atoms with E-state index in [0.29, 0.717) is 38.0 Å². The molecule has 2 aliphatic heterocycles. The lowest BCUT2D eigenvalue weighted by Crippen LogP contribution is -2.43. The average molecular weight is 371 g/mol. The van der Waals surface area contributed by atoms with Crippen LogP contribution in [0.25, 0.3) is 0 Å². The lowest BCUT2D eigenvalue weighted by atomic mass is 9.84. The van der Waals surface area contributed by atoms with Gasteiger partial charge in [-0.3, -0.25) is 4.79 Å². The summed E-state index contributed by atoms with van der Waals surface area (Å²) in [4.78, 5) is 14.6. The van der Waals surface area contributed by atoms with Gasteiger partial charge in [0.05, 0.1) is 13.2 Å². The minimum atomic E-state index is -0.265. The van der Waals surface area contributed by atoms with Gasteiger partial charge < -0.3 is 15.0 Å². The van der Waals surface area contributed by atoms with Crippen LogP contribution in [0, 0.1) is 17.7 Å². The van der Waals surface area contributed by atoms with Gasteiger partial charge in [-0.2, -0.15) is 0 Å². The third kappa shape index (κ3) is 5.40. The fourth-order valence-corrected chi connectivity index (χ4v) is 3.77. The molecule has 1 aromatic rings. The Kier molecular flexibility index (Phi) is 7.66. The maximum Gasteiger partial charge on any atom is 0.223 e. The largest absolute Gasteiger partial charge is 0.370 e. The summed E-state index contributed by atoms with van der Waals surface area (Å²) in [6.45, 7) is 5.96. The van der Waals surface area contributed by atoms with E-state index in [-0.39, 0.29) is 30.2 Å². The number of benzene rings is 1. The van der Waals surface area contributed by atoms with Gasteiger partial charge in [0.25, 0.3) is 0 Å². The van der Waals surface area contributed by atoms with E-state index in [0.717, 1.165) is 31.5 Å². The van der Waals surface area contributed by atoms with Gasteiger partial charge in [0.15, 0.2) is 0 Å². The minimum Gasteiger partial charge on any atom is -0.370 e. The van der Waals surface area contributed by atoms with Crippen LogP contribution in [0.1, 0.15) is 37.9 Å². The quantitative estimate of drug-likeness (QED) is 0.885. The van der Waals surface area contributed by atoms with Gasteiger partial charge in [0.2, 0.25) is 5.91 Å². The number of carbonyl (C=O) groups is 1. The molecule has 0 saturated carbocycles. The number of ether oxygens (including phenoxy) is 1. The van der Waals surface area contributed by atoms with Crippen LogP contribution >= 0.6 is 12.4 Å². The molecule has 3 rings (SSSR count). The zero-order chi connectivity index (χ0) is 16.9. The summed E-state index contributed by atoms with van der Waals surface area (Å²) < 4.78 is 19.2. The highest BCUT2D eigenvalue weighted by Gasteiger charge is 2.28. The molecular formula is C19H28ClFN2O2. The Bertz CT molecular complexity index is 566. The van der Waals surface area contributed by atoms with E-state index in [9.17, 15) is 9.18 Å². The highest BCUT2D eigenvalue weighted by atomic mass is 35.5. The van der Waals surface area contributed by atoms with Gasteiger partial charge in [-0.15, -0.1) is 12.4 Å². The Balaban J connectivity index is 0.00000225. The van der Waals surface area contributed by atoms with E-state index < -0.39 is 0 Å². The number of piperidine rings is 1. The summed E-state index contributed by atoms with van der Waals surface area (Å²) in [6, 6.07) is 6.47. The van der Waals surface area contributed by atoms with Crippen LogP contribution in [0.5, 0.6) is 0 Å². The Labute approximate surface area is 155 Å². The van der Waals surface area contributed by atoms with Crippen molar-refractivity contribution in [2.75, 3.05) is 32.8 Å². The molecule has 1 N–H and O–H groups in total. The number of carbonyl (C=O) groups excluding carboxylic acids is 1. The summed E-state index contributed by atoms with van der Waals surface area (Å²) in [6.07, 6.45) is 2.68. The molecule has 25 heavy (non-hydrogen) atoms. The molecule has 2 saturated heterocycles. The Morgan fingerprint density at radius 1 is 1.40 bits per heavy atom. The Hall–Kier alpha value is -1.17. The molecule has 4 nitrogen and oxygen atoms in total. The molecule has 2 heterocycles. The van der Waals surface area contributed by atoms with Gasteiger partial charge >= 0.3 is 0 Å². The number of hydrogen-bond donors (Lipinski definition) is 1. The SMILES string of the molecule is CC(CC(=O)N1CCOC(c2cccc(F)c2)C1)C1CCNCC1.Cl. The monoisotopic (exact) mass is 370 g/mol. The van der Waals surface area contributed by atoms with E-state index >= 15 is 0 Å². The van der Waals surface area contributed by atoms with Gasteiger partial charge in [0.1, 0.15) is 11.9 Å². The summed E-state index contributed by atoms with van der Waals surface area (Å²) in [5.41, 5.74) is 0.805. The van der Waals surface area contributed by atoms with Crippen molar-refractivity contribution in [2.24, 2.45) is 11.8 Å². The first-order valence-electron chi connectivity index (χ1n) is 8.99. The smallest absolute Gasteiger partial charge is 0.223 e. The molecule has 2 aliphatic rings. The Morgan fingerprint density at radius 3 is 2.88 bits per heavy atom. The van der Waals surface area contributed by atoms with E-state index in [1.54, 1.807) is 6.07 Å². The van der Waals surface area contributed by atoms with Gasteiger partial charge in [-0.05, 0) is 55.5 Å². The lowest BCUT2D eigenvalue weighted by Gasteiger charge is -2.35. The van der Waals surface area contributed by atoms with Crippen LogP contribution < -0.4 is 5.32 Å². The molecule has 140 valence electrons. The summed E-state index contributed by atoms with van der Waals surface area (Å²) in [5, 5.41) is 3.37. The molecule has 0 aliphatic carbocycles. The number of amides is 1. The number of nitrogens with zero attached hydrogens (tertiary/aromatic N) is 1. The van der Waals surface area contributed by atoms with Crippen LogP contribution in [-0.2, 0) is 9.53 Å². The van der Waals surface area contributed by atoms with Gasteiger partial charge in [0, 0.05) is 13.0 Å². The molecule has 0 bridgehead atoms. The second kappa shape index (κ2) is 9.51. The molecule has 0 radical (unpaired) electrons. The number of morpholine rings is 1. The zero-order valence-electron chi connectivity index (χ0n) is 14.7. The first kappa shape index (κ1) is 20.1. The molecule has 2 atom stereocenters. The fraction of sp³-hybridized carbons (Fsp3) is 0.632. The molecule has 6 heteroatoms. The van der Waals surface area contributed by atoms with E-state index in [4.69, 9.17) is 4.74 Å². The van der Waals surface area contributed by atoms with Crippen LogP contribution in [0.4, 0.5) is 4.39 Å². The first-order valence-corrected chi connectivity index (χ1v) is 8.99. The van der Waals surface area contributed by atoms with Crippen molar-refractivity contribution in [3.8, 4) is 0 Å². The van der Waals surface area contributed by atoms with Crippen molar-refractivity contribution in [3.63, 3.8) is 0 Å². The molecule has 1 aromatic carbocycles. The topological polar surface area (TPSA) is 41.6 Å². The summed E-state index contributed by atoms with van der Waals surface area (Å²) >= 11 is 0. The minimum absolute atomic E-state index is 0. The number of halogens is 2. The van der Waals surface area contributed by atoms with Gasteiger partial charge in [-0.25, -0.2) is 4.39 Å². The van der Waals surface area contributed by atoms with Crippen molar-refractivity contribution < 1.29 is 13.9 Å². The normalized spacial score (nSPS) is 23.0. The van der Waals surface area contributed by atoms with Crippen LogP contribution in [0.2, 0.25) is 0 Å². The molecule has 2 unspecified atom stereocenters. The molecule has 2 fully saturated rings. The second-order valence-electron chi connectivity index (χ2n) is 7.02. The second-order valence-corrected chi connectivity index (χ2v) is 7.02. The standard InChI is InChI=1S/C19H27FN2O2.ClH/c1-14(15-5-7-21-8-6-15)11-19(23)22-9-10-24-18(13-22)16-3-2-4-17(20)12-16;/h2-4,12,14-15,18,21H,5-11,13H2,1H3;1H. The first-order chi connectivity index (χ1) is 11.6. The van der Waals surface area contributed by atoms with Crippen molar-refractivity contribution in [1.29, 1.82) is 0 Å². The third-order valence-electron chi connectivity index (χ3n) is 5.32. The highest BCUT2D eigenvalue weighted by molar-refractivity contribution is 5.85. The Morgan fingerprint density at radius 2 is 2.16 bits per heavy atom. The number of hydrogen-bond acceptors (Lipinski definition) is 3. The number of nitrogens with one attached hydrogen (secondary N) is 1. The van der Waals surface area contributed by atoms with Crippen LogP contribution in [0.3, 0.4) is 0 Å². The molecule has 0 spiro atoms. The zero-order valence-corrected chi connectivity index (χ0v) is 15.6. The number of rotatable bonds is 4. The third-order valence-corrected chi connectivity index (χ3v) is 5.32. The predicted octanol–water partition coefficient (Wildman–Crippen LogP) is 3.17. The lowest BCUT2D eigenvalue weighted by molar-refractivity contribution is -0.140. The van der Waals surface area contributed by atoms with Crippen LogP contribution in [-0.4, -0.2) is 43.6 Å². The maximum absolute atomic E-state index is 13.4. The van der Waals surface area contributed by atoms with Crippen molar-refractivity contribution in [2.45, 2.75) is 32.3 Å². The summed E-state index contributed by atoms with van der Waals surface area (Å²) in [5.74, 6) is 0.982. The van der Waals surface area contributed by atoms with E-state index in [1.807, 2.05) is 11.0 Å². The van der Waals surface area contributed by atoms with E-state index in [1.165, 1.54) is 12.1 Å². The molecule has 0 aromatic heterocycles. The van der Waals surface area contributed by atoms with Crippen LogP contribution in [0.15, 0.2) is 24.3 Å². The van der Waals surface area contributed by atoms with Crippen molar-refractivity contribution in [1.82, 2.24) is 10.2 Å². The molecular weight excluding hydrogens is 343 g/mol. The average Bonchev–Trinajstić information content (AvgIpc) is 2.62. The van der Waals surface area contributed by atoms with E-state index in [2.05, 4.69) is 12.2 Å². The highest BCUT2D eigenvalue weighted by Crippen LogP contribution is 2.27. The molecule has 1 amide bonds. The van der Waals surface area contributed by atoms with Crippen molar-refractivity contribution >= 4 is 18.3 Å². The summed E-state index contributed by atoms with van der Waals surface area (Å²) in [7, 11) is 0. The maximum atomic E-state index is 13.4.